The molecule has 0 aromatic heterocycles. The monoisotopic (exact) mass is 229 g/mol. The van der Waals surface area contributed by atoms with Crippen LogP contribution in [-0.2, 0) is 4.79 Å². The lowest BCUT2D eigenvalue weighted by Gasteiger charge is -2.28. The van der Waals surface area contributed by atoms with Crippen molar-refractivity contribution in [2.75, 3.05) is 13.2 Å². The van der Waals surface area contributed by atoms with Gasteiger partial charge in [-0.2, -0.15) is 0 Å². The lowest BCUT2D eigenvalue weighted by Crippen LogP contribution is -2.42. The predicted molar refractivity (Wildman–Crippen MR) is 64.4 cm³/mol. The van der Waals surface area contributed by atoms with Gasteiger partial charge in [0.2, 0.25) is 0 Å². The lowest BCUT2D eigenvalue weighted by atomic mass is 9.95. The third kappa shape index (κ3) is 5.28. The maximum Gasteiger partial charge on any atom is 0.331 e. The van der Waals surface area contributed by atoms with E-state index in [1.807, 2.05) is 20.8 Å². The zero-order valence-electron chi connectivity index (χ0n) is 10.4. The average Bonchev–Trinajstić information content (AvgIpc) is 2.24. The first-order chi connectivity index (χ1) is 7.49. The van der Waals surface area contributed by atoms with Gasteiger partial charge in [-0.1, -0.05) is 19.9 Å². The first-order valence-corrected chi connectivity index (χ1v) is 5.77. The molecule has 0 aromatic carbocycles. The number of hydrogen-bond acceptors (Lipinski definition) is 3. The molecule has 1 atom stereocenters. The largest absolute Gasteiger partial charge is 0.478 e. The number of aliphatic hydroxyl groups is 1. The van der Waals surface area contributed by atoms with Crippen LogP contribution >= 0.6 is 0 Å². The first-order valence-electron chi connectivity index (χ1n) is 5.77. The second-order valence-electron chi connectivity index (χ2n) is 4.16. The highest BCUT2D eigenvalue weighted by molar-refractivity contribution is 5.86. The van der Waals surface area contributed by atoms with Gasteiger partial charge in [0.25, 0.3) is 0 Å². The number of carboxylic acid groups (broad SMARTS) is 1. The van der Waals surface area contributed by atoms with Crippen LogP contribution in [0.5, 0.6) is 0 Å². The standard InChI is InChI=1S/C12H23NO3/c1-4-10(11(15)16)6-8-13-12(3,5-2)7-9-14/h6,13-14H,4-5,7-9H2,1-3H3,(H,15,16). The molecule has 0 heterocycles. The van der Waals surface area contributed by atoms with Crippen molar-refractivity contribution in [3.63, 3.8) is 0 Å². The maximum absolute atomic E-state index is 10.7. The van der Waals surface area contributed by atoms with E-state index in [0.717, 1.165) is 6.42 Å². The van der Waals surface area contributed by atoms with Crippen LogP contribution in [0.25, 0.3) is 0 Å². The van der Waals surface area contributed by atoms with Crippen molar-refractivity contribution in [1.82, 2.24) is 5.32 Å². The van der Waals surface area contributed by atoms with Gasteiger partial charge in [-0.05, 0) is 26.2 Å². The van der Waals surface area contributed by atoms with Crippen molar-refractivity contribution < 1.29 is 15.0 Å². The Kier molecular flexibility index (Phi) is 7.01. The van der Waals surface area contributed by atoms with Crippen molar-refractivity contribution in [1.29, 1.82) is 0 Å². The Bertz CT molecular complexity index is 251. The number of aliphatic hydroxyl groups excluding tert-OH is 1. The Balaban J connectivity index is 4.26. The van der Waals surface area contributed by atoms with Gasteiger partial charge in [0.1, 0.15) is 0 Å². The fraction of sp³-hybridized carbons (Fsp3) is 0.750. The van der Waals surface area contributed by atoms with Gasteiger partial charge >= 0.3 is 5.97 Å². The van der Waals surface area contributed by atoms with Crippen LogP contribution in [-0.4, -0.2) is 34.9 Å². The van der Waals surface area contributed by atoms with Gasteiger partial charge in [0.15, 0.2) is 0 Å². The molecule has 4 heteroatoms. The summed E-state index contributed by atoms with van der Waals surface area (Å²) in [4.78, 5) is 10.7. The molecule has 0 saturated heterocycles. The number of aliphatic carboxylic acids is 1. The molecule has 0 fully saturated rings. The summed E-state index contributed by atoms with van der Waals surface area (Å²) in [6.07, 6.45) is 3.80. The molecule has 3 N–H and O–H groups in total. The van der Waals surface area contributed by atoms with Gasteiger partial charge in [0.05, 0.1) is 0 Å². The SMILES string of the molecule is CCC(=CCNC(C)(CC)CCO)C(=O)O. The van der Waals surface area contributed by atoms with Crippen LogP contribution in [0.3, 0.4) is 0 Å². The highest BCUT2D eigenvalue weighted by Crippen LogP contribution is 2.13. The normalized spacial score (nSPS) is 15.9. The summed E-state index contributed by atoms with van der Waals surface area (Å²) >= 11 is 0. The summed E-state index contributed by atoms with van der Waals surface area (Å²) in [7, 11) is 0. The van der Waals surface area contributed by atoms with Crippen molar-refractivity contribution in [3.8, 4) is 0 Å². The minimum absolute atomic E-state index is 0.122. The van der Waals surface area contributed by atoms with Crippen LogP contribution in [0.2, 0.25) is 0 Å². The molecule has 4 nitrogen and oxygen atoms in total. The molecule has 94 valence electrons. The van der Waals surface area contributed by atoms with Crippen LogP contribution in [0.4, 0.5) is 0 Å². The van der Waals surface area contributed by atoms with Gasteiger partial charge in [0, 0.05) is 24.3 Å². The van der Waals surface area contributed by atoms with Crippen LogP contribution in [0, 0.1) is 0 Å². The van der Waals surface area contributed by atoms with E-state index in [9.17, 15) is 4.79 Å². The third-order valence-electron chi connectivity index (χ3n) is 2.98. The Morgan fingerprint density at radius 2 is 2.06 bits per heavy atom. The minimum Gasteiger partial charge on any atom is -0.478 e. The fourth-order valence-electron chi connectivity index (χ4n) is 1.44. The summed E-state index contributed by atoms with van der Waals surface area (Å²) in [5.41, 5.74) is 0.303. The number of hydrogen-bond donors (Lipinski definition) is 3. The molecule has 1 unspecified atom stereocenters. The molecule has 0 amide bonds. The van der Waals surface area contributed by atoms with E-state index in [-0.39, 0.29) is 12.1 Å². The van der Waals surface area contributed by atoms with Gasteiger partial charge in [-0.3, -0.25) is 0 Å². The smallest absolute Gasteiger partial charge is 0.331 e. The highest BCUT2D eigenvalue weighted by atomic mass is 16.4. The van der Waals surface area contributed by atoms with Crippen molar-refractivity contribution >= 4 is 5.97 Å². The molecular weight excluding hydrogens is 206 g/mol. The molecule has 16 heavy (non-hydrogen) atoms. The number of carboxylic acids is 1. The number of carbonyl (C=O) groups is 1. The lowest BCUT2D eigenvalue weighted by molar-refractivity contribution is -0.132. The van der Waals surface area contributed by atoms with Gasteiger partial charge < -0.3 is 15.5 Å². The molecule has 0 bridgehead atoms. The molecule has 0 spiro atoms. The van der Waals surface area contributed by atoms with E-state index in [2.05, 4.69) is 5.32 Å². The fourth-order valence-corrected chi connectivity index (χ4v) is 1.44. The Morgan fingerprint density at radius 3 is 2.44 bits per heavy atom. The molecule has 0 aliphatic rings. The summed E-state index contributed by atoms with van der Waals surface area (Å²) in [5, 5.41) is 21.0. The Labute approximate surface area is 97.4 Å². The topological polar surface area (TPSA) is 69.6 Å². The Morgan fingerprint density at radius 1 is 1.44 bits per heavy atom. The van der Waals surface area contributed by atoms with Gasteiger partial charge in [-0.25, -0.2) is 4.79 Å². The number of rotatable bonds is 8. The number of nitrogens with one attached hydrogen (secondary N) is 1. The van der Waals surface area contributed by atoms with Crippen LogP contribution < -0.4 is 5.32 Å². The van der Waals surface area contributed by atoms with E-state index in [1.165, 1.54) is 0 Å². The zero-order valence-corrected chi connectivity index (χ0v) is 10.4. The van der Waals surface area contributed by atoms with Crippen molar-refractivity contribution in [2.24, 2.45) is 0 Å². The summed E-state index contributed by atoms with van der Waals surface area (Å²) in [6.45, 7) is 6.57. The van der Waals surface area contributed by atoms with Crippen molar-refractivity contribution in [3.05, 3.63) is 11.6 Å². The molecule has 0 aliphatic carbocycles. The Hall–Kier alpha value is -0.870. The van der Waals surface area contributed by atoms with E-state index in [4.69, 9.17) is 10.2 Å². The van der Waals surface area contributed by atoms with E-state index in [0.29, 0.717) is 25.0 Å². The summed E-state index contributed by atoms with van der Waals surface area (Å²) in [6, 6.07) is 0. The molecule has 0 radical (unpaired) electrons. The quantitative estimate of drug-likeness (QED) is 0.552. The molecule has 0 aliphatic heterocycles. The summed E-state index contributed by atoms with van der Waals surface area (Å²) in [5.74, 6) is -0.857. The van der Waals surface area contributed by atoms with Crippen LogP contribution in [0.15, 0.2) is 11.6 Å². The average molecular weight is 229 g/mol. The zero-order chi connectivity index (χ0) is 12.6. The van der Waals surface area contributed by atoms with E-state index >= 15 is 0 Å². The van der Waals surface area contributed by atoms with Crippen LogP contribution in [0.1, 0.15) is 40.0 Å². The molecule has 0 rings (SSSR count). The first kappa shape index (κ1) is 15.1. The summed E-state index contributed by atoms with van der Waals surface area (Å²) < 4.78 is 0. The van der Waals surface area contributed by atoms with E-state index < -0.39 is 5.97 Å². The van der Waals surface area contributed by atoms with E-state index in [1.54, 1.807) is 6.08 Å². The van der Waals surface area contributed by atoms with Gasteiger partial charge in [-0.15, -0.1) is 0 Å². The molecular formula is C12H23NO3. The minimum atomic E-state index is -0.857. The molecule has 0 aromatic rings. The predicted octanol–water partition coefficient (Wildman–Crippen LogP) is 1.55. The van der Waals surface area contributed by atoms with Crippen molar-refractivity contribution in [2.45, 2.75) is 45.6 Å². The maximum atomic E-state index is 10.7. The molecule has 0 saturated carbocycles. The second kappa shape index (κ2) is 7.41. The third-order valence-corrected chi connectivity index (χ3v) is 2.98. The second-order valence-corrected chi connectivity index (χ2v) is 4.16. The highest BCUT2D eigenvalue weighted by Gasteiger charge is 2.19.